The molecule has 10 heteroatoms. The Morgan fingerprint density at radius 1 is 1.17 bits per heavy atom. The molecule has 3 aromatic rings. The van der Waals surface area contributed by atoms with Gasteiger partial charge in [0.1, 0.15) is 17.8 Å². The Kier molecular flexibility index (Phi) is 5.81. The molecule has 0 saturated carbocycles. The SMILES string of the molecule is CCC(NC(=O)Cn1nnc2ccccc2c1=O)c1ccc(OC(F)(F)F)cc1. The van der Waals surface area contributed by atoms with Crippen LogP contribution in [0.3, 0.4) is 0 Å². The smallest absolute Gasteiger partial charge is 0.406 e. The normalized spacial score (nSPS) is 12.6. The fourth-order valence-electron chi connectivity index (χ4n) is 2.83. The molecule has 2 aromatic carbocycles. The van der Waals surface area contributed by atoms with E-state index < -0.39 is 23.9 Å². The first kappa shape index (κ1) is 20.3. The zero-order chi connectivity index (χ0) is 21.0. The number of amides is 1. The lowest BCUT2D eigenvalue weighted by Gasteiger charge is -2.18. The molecule has 3 rings (SSSR count). The van der Waals surface area contributed by atoms with Crippen LogP contribution < -0.4 is 15.6 Å². The molecule has 0 bridgehead atoms. The Balaban J connectivity index is 1.70. The van der Waals surface area contributed by atoms with Crippen molar-refractivity contribution in [1.29, 1.82) is 0 Å². The molecule has 7 nitrogen and oxygen atoms in total. The van der Waals surface area contributed by atoms with Crippen LogP contribution in [0.15, 0.2) is 53.3 Å². The summed E-state index contributed by atoms with van der Waals surface area (Å²) in [7, 11) is 0. The zero-order valence-electron chi connectivity index (χ0n) is 15.3. The van der Waals surface area contributed by atoms with E-state index in [1.807, 2.05) is 6.92 Å². The fourth-order valence-corrected chi connectivity index (χ4v) is 2.83. The lowest BCUT2D eigenvalue weighted by atomic mass is 10.0. The van der Waals surface area contributed by atoms with Crippen LogP contribution in [-0.4, -0.2) is 27.3 Å². The second kappa shape index (κ2) is 8.29. The number of aromatic nitrogens is 3. The van der Waals surface area contributed by atoms with Crippen LogP contribution in [0, 0.1) is 0 Å². The van der Waals surface area contributed by atoms with Gasteiger partial charge in [0.05, 0.1) is 11.4 Å². The predicted octanol–water partition coefficient (Wildman–Crippen LogP) is 2.96. The molecule has 29 heavy (non-hydrogen) atoms. The minimum absolute atomic E-state index is 0.331. The molecule has 0 saturated heterocycles. The van der Waals surface area contributed by atoms with E-state index >= 15 is 0 Å². The number of alkyl halides is 3. The Labute approximate surface area is 163 Å². The topological polar surface area (TPSA) is 86.1 Å². The number of nitrogens with zero attached hydrogens (tertiary/aromatic N) is 3. The van der Waals surface area contributed by atoms with E-state index in [4.69, 9.17) is 0 Å². The minimum atomic E-state index is -4.77. The van der Waals surface area contributed by atoms with Crippen LogP contribution in [-0.2, 0) is 11.3 Å². The maximum atomic E-state index is 12.4. The molecule has 1 unspecified atom stereocenters. The van der Waals surface area contributed by atoms with E-state index in [2.05, 4.69) is 20.4 Å². The first-order valence-corrected chi connectivity index (χ1v) is 8.74. The quantitative estimate of drug-likeness (QED) is 0.680. The molecular formula is C19H17F3N4O3. The molecule has 1 atom stereocenters. The van der Waals surface area contributed by atoms with Gasteiger partial charge in [-0.3, -0.25) is 9.59 Å². The Hall–Kier alpha value is -3.43. The Bertz CT molecular complexity index is 1060. The number of carbonyl (C=O) groups excluding carboxylic acids is 1. The van der Waals surface area contributed by atoms with Crippen molar-refractivity contribution in [3.63, 3.8) is 0 Å². The van der Waals surface area contributed by atoms with E-state index in [1.54, 1.807) is 24.3 Å². The molecule has 0 radical (unpaired) electrons. The maximum Gasteiger partial charge on any atom is 0.573 e. The van der Waals surface area contributed by atoms with E-state index in [-0.39, 0.29) is 12.3 Å². The summed E-state index contributed by atoms with van der Waals surface area (Å²) in [5, 5.41) is 10.8. The van der Waals surface area contributed by atoms with E-state index in [0.29, 0.717) is 22.9 Å². The second-order valence-corrected chi connectivity index (χ2v) is 6.21. The molecule has 0 aliphatic rings. The highest BCUT2D eigenvalue weighted by Crippen LogP contribution is 2.25. The van der Waals surface area contributed by atoms with Gasteiger partial charge in [-0.1, -0.05) is 36.4 Å². The standard InChI is InChI=1S/C19H17F3N4O3/c1-2-15(12-7-9-13(10-8-12)29-19(20,21)22)23-17(27)11-26-18(28)14-5-3-4-6-16(14)24-25-26/h3-10,15H,2,11H2,1H3,(H,23,27). The van der Waals surface area contributed by atoms with Crippen molar-refractivity contribution in [2.75, 3.05) is 0 Å². The maximum absolute atomic E-state index is 12.4. The number of halogens is 3. The van der Waals surface area contributed by atoms with E-state index in [0.717, 1.165) is 4.68 Å². The van der Waals surface area contributed by atoms with Gasteiger partial charge in [0.15, 0.2) is 0 Å². The summed E-state index contributed by atoms with van der Waals surface area (Å²) in [5.74, 6) is -0.820. The van der Waals surface area contributed by atoms with Gasteiger partial charge in [-0.05, 0) is 36.2 Å². The third-order valence-electron chi connectivity index (χ3n) is 4.18. The minimum Gasteiger partial charge on any atom is -0.406 e. The first-order valence-electron chi connectivity index (χ1n) is 8.74. The monoisotopic (exact) mass is 406 g/mol. The molecule has 1 aromatic heterocycles. The summed E-state index contributed by atoms with van der Waals surface area (Å²) < 4.78 is 41.6. The first-order chi connectivity index (χ1) is 13.8. The fraction of sp³-hybridized carbons (Fsp3) is 0.263. The van der Waals surface area contributed by atoms with Crippen LogP contribution in [0.5, 0.6) is 5.75 Å². The number of hydrogen-bond acceptors (Lipinski definition) is 5. The highest BCUT2D eigenvalue weighted by atomic mass is 19.4. The van der Waals surface area contributed by atoms with E-state index in [9.17, 15) is 22.8 Å². The number of nitrogens with one attached hydrogen (secondary N) is 1. The molecule has 1 amide bonds. The molecule has 152 valence electrons. The van der Waals surface area contributed by atoms with Gasteiger partial charge >= 0.3 is 6.36 Å². The van der Waals surface area contributed by atoms with Crippen molar-refractivity contribution in [2.45, 2.75) is 32.3 Å². The van der Waals surface area contributed by atoms with Crippen LogP contribution in [0.1, 0.15) is 24.9 Å². The number of rotatable bonds is 6. The van der Waals surface area contributed by atoms with Gasteiger partial charge in [-0.25, -0.2) is 4.68 Å². The van der Waals surface area contributed by atoms with E-state index in [1.165, 1.54) is 24.3 Å². The van der Waals surface area contributed by atoms with Gasteiger partial charge in [0, 0.05) is 0 Å². The van der Waals surface area contributed by atoms with Crippen molar-refractivity contribution in [3.8, 4) is 5.75 Å². The van der Waals surface area contributed by atoms with Gasteiger partial charge < -0.3 is 10.1 Å². The summed E-state index contributed by atoms with van der Waals surface area (Å²) >= 11 is 0. The van der Waals surface area contributed by atoms with Gasteiger partial charge in [-0.15, -0.1) is 18.3 Å². The summed E-state index contributed by atoms with van der Waals surface area (Å²) in [6.45, 7) is 1.48. The molecule has 0 fully saturated rings. The van der Waals surface area contributed by atoms with Gasteiger partial charge in [-0.2, -0.15) is 0 Å². The average Bonchev–Trinajstić information content (AvgIpc) is 2.68. The highest BCUT2D eigenvalue weighted by molar-refractivity contribution is 5.78. The lowest BCUT2D eigenvalue weighted by molar-refractivity contribution is -0.274. The van der Waals surface area contributed by atoms with Crippen molar-refractivity contribution in [1.82, 2.24) is 20.3 Å². The number of fused-ring (bicyclic) bond motifs is 1. The van der Waals surface area contributed by atoms with Crippen LogP contribution in [0.25, 0.3) is 10.9 Å². The van der Waals surface area contributed by atoms with Crippen LogP contribution in [0.2, 0.25) is 0 Å². The van der Waals surface area contributed by atoms with Crippen molar-refractivity contribution in [2.24, 2.45) is 0 Å². The lowest BCUT2D eigenvalue weighted by Crippen LogP contribution is -2.36. The van der Waals surface area contributed by atoms with Gasteiger partial charge in [0.2, 0.25) is 5.91 Å². The number of benzene rings is 2. The summed E-state index contributed by atoms with van der Waals surface area (Å²) in [6, 6.07) is 11.4. The molecular weight excluding hydrogens is 389 g/mol. The summed E-state index contributed by atoms with van der Waals surface area (Å²) in [5.41, 5.74) is 0.599. The summed E-state index contributed by atoms with van der Waals surface area (Å²) in [4.78, 5) is 24.8. The van der Waals surface area contributed by atoms with Crippen LogP contribution >= 0.6 is 0 Å². The Morgan fingerprint density at radius 3 is 2.52 bits per heavy atom. The van der Waals surface area contributed by atoms with Crippen molar-refractivity contribution >= 4 is 16.8 Å². The van der Waals surface area contributed by atoms with Crippen LogP contribution in [0.4, 0.5) is 13.2 Å². The third-order valence-corrected chi connectivity index (χ3v) is 4.18. The number of hydrogen-bond donors (Lipinski definition) is 1. The highest BCUT2D eigenvalue weighted by Gasteiger charge is 2.31. The van der Waals surface area contributed by atoms with Crippen molar-refractivity contribution < 1.29 is 22.7 Å². The molecule has 1 heterocycles. The zero-order valence-corrected chi connectivity index (χ0v) is 15.3. The third kappa shape index (κ3) is 5.09. The molecule has 0 spiro atoms. The number of ether oxygens (including phenoxy) is 1. The molecule has 0 aliphatic carbocycles. The van der Waals surface area contributed by atoms with Gasteiger partial charge in [0.25, 0.3) is 5.56 Å². The van der Waals surface area contributed by atoms with Crippen molar-refractivity contribution in [3.05, 3.63) is 64.4 Å². The average molecular weight is 406 g/mol. The molecule has 1 N–H and O–H groups in total. The number of carbonyl (C=O) groups is 1. The molecule has 0 aliphatic heterocycles. The summed E-state index contributed by atoms with van der Waals surface area (Å²) in [6.07, 6.45) is -4.28. The Morgan fingerprint density at radius 2 is 1.86 bits per heavy atom. The largest absolute Gasteiger partial charge is 0.573 e. The second-order valence-electron chi connectivity index (χ2n) is 6.21. The predicted molar refractivity (Wildman–Crippen MR) is 98.1 cm³/mol.